The molecule has 1 heterocycles. The molecule has 1 aliphatic rings. The second-order valence-corrected chi connectivity index (χ2v) is 5.32. The summed E-state index contributed by atoms with van der Waals surface area (Å²) in [6, 6.07) is 0. The molecule has 0 aromatic heterocycles. The van der Waals surface area contributed by atoms with E-state index in [1.165, 1.54) is 58.3 Å². The minimum atomic E-state index is 0.640. The van der Waals surface area contributed by atoms with E-state index in [1.807, 2.05) is 7.05 Å². The van der Waals surface area contributed by atoms with Crippen molar-refractivity contribution in [3.8, 4) is 0 Å². The molecule has 1 rings (SSSR count). The SMILES string of the molecule is CCC1(C)CCN(CCCCNC)CC1. The summed E-state index contributed by atoms with van der Waals surface area (Å²) in [7, 11) is 2.04. The topological polar surface area (TPSA) is 15.3 Å². The maximum atomic E-state index is 3.21. The van der Waals surface area contributed by atoms with Crippen LogP contribution in [0.25, 0.3) is 0 Å². The molecule has 1 N–H and O–H groups in total. The van der Waals surface area contributed by atoms with Gasteiger partial charge in [0.1, 0.15) is 0 Å². The molecule has 0 bridgehead atoms. The van der Waals surface area contributed by atoms with E-state index in [4.69, 9.17) is 0 Å². The van der Waals surface area contributed by atoms with Crippen molar-refractivity contribution in [3.05, 3.63) is 0 Å². The van der Waals surface area contributed by atoms with Crippen LogP contribution in [0.15, 0.2) is 0 Å². The Labute approximate surface area is 95.4 Å². The van der Waals surface area contributed by atoms with Gasteiger partial charge in [0, 0.05) is 0 Å². The van der Waals surface area contributed by atoms with Gasteiger partial charge in [-0.3, -0.25) is 0 Å². The van der Waals surface area contributed by atoms with Gasteiger partial charge in [-0.25, -0.2) is 0 Å². The molecular formula is C13H28N2. The van der Waals surface area contributed by atoms with Crippen LogP contribution in [0.2, 0.25) is 0 Å². The maximum absolute atomic E-state index is 3.21. The Morgan fingerprint density at radius 3 is 2.40 bits per heavy atom. The molecule has 2 heteroatoms. The van der Waals surface area contributed by atoms with Crippen molar-refractivity contribution >= 4 is 0 Å². The van der Waals surface area contributed by atoms with Crippen molar-refractivity contribution in [2.75, 3.05) is 33.2 Å². The lowest BCUT2D eigenvalue weighted by Crippen LogP contribution is -2.38. The summed E-state index contributed by atoms with van der Waals surface area (Å²) < 4.78 is 0. The molecule has 0 radical (unpaired) electrons. The van der Waals surface area contributed by atoms with Gasteiger partial charge in [-0.1, -0.05) is 20.3 Å². The van der Waals surface area contributed by atoms with Gasteiger partial charge in [-0.05, 0) is 64.3 Å². The number of likely N-dealkylation sites (tertiary alicyclic amines) is 1. The van der Waals surface area contributed by atoms with Gasteiger partial charge in [0.05, 0.1) is 0 Å². The molecule has 2 nitrogen and oxygen atoms in total. The normalized spacial score (nSPS) is 21.8. The van der Waals surface area contributed by atoms with E-state index >= 15 is 0 Å². The van der Waals surface area contributed by atoms with Crippen molar-refractivity contribution in [1.82, 2.24) is 10.2 Å². The average molecular weight is 212 g/mol. The number of hydrogen-bond acceptors (Lipinski definition) is 2. The molecule has 0 atom stereocenters. The van der Waals surface area contributed by atoms with Gasteiger partial charge in [0.25, 0.3) is 0 Å². The molecule has 1 fully saturated rings. The van der Waals surface area contributed by atoms with Crippen LogP contribution in [-0.4, -0.2) is 38.1 Å². The van der Waals surface area contributed by atoms with Crippen molar-refractivity contribution < 1.29 is 0 Å². The highest BCUT2D eigenvalue weighted by molar-refractivity contribution is 4.81. The Balaban J connectivity index is 2.09. The highest BCUT2D eigenvalue weighted by atomic mass is 15.1. The number of nitrogens with zero attached hydrogens (tertiary/aromatic N) is 1. The first-order valence-corrected chi connectivity index (χ1v) is 6.57. The monoisotopic (exact) mass is 212 g/mol. The van der Waals surface area contributed by atoms with Gasteiger partial charge >= 0.3 is 0 Å². The van der Waals surface area contributed by atoms with Crippen LogP contribution in [0.3, 0.4) is 0 Å². The van der Waals surface area contributed by atoms with Crippen LogP contribution >= 0.6 is 0 Å². The first-order chi connectivity index (χ1) is 7.20. The van der Waals surface area contributed by atoms with Gasteiger partial charge in [0.15, 0.2) is 0 Å². The molecule has 1 aliphatic heterocycles. The highest BCUT2D eigenvalue weighted by Crippen LogP contribution is 2.33. The van der Waals surface area contributed by atoms with Crippen LogP contribution in [-0.2, 0) is 0 Å². The standard InChI is InChI=1S/C13H28N2/c1-4-13(2)7-11-15(12-8-13)10-6-5-9-14-3/h14H,4-12H2,1-3H3. The van der Waals surface area contributed by atoms with E-state index in [2.05, 4.69) is 24.1 Å². The smallest absolute Gasteiger partial charge is 0.00135 e. The molecule has 0 spiro atoms. The van der Waals surface area contributed by atoms with Gasteiger partial charge < -0.3 is 10.2 Å². The minimum Gasteiger partial charge on any atom is -0.320 e. The van der Waals surface area contributed by atoms with Crippen LogP contribution in [0.1, 0.15) is 46.0 Å². The predicted molar refractivity (Wildman–Crippen MR) is 67.2 cm³/mol. The molecule has 1 saturated heterocycles. The largest absolute Gasteiger partial charge is 0.320 e. The van der Waals surface area contributed by atoms with E-state index in [9.17, 15) is 0 Å². The molecule has 0 aliphatic carbocycles. The average Bonchev–Trinajstić information content (AvgIpc) is 2.27. The summed E-state index contributed by atoms with van der Waals surface area (Å²) in [6.07, 6.45) is 6.81. The molecule has 0 saturated carbocycles. The molecule has 15 heavy (non-hydrogen) atoms. The molecule has 0 unspecified atom stereocenters. The molecule has 0 aromatic carbocycles. The summed E-state index contributed by atoms with van der Waals surface area (Å²) in [4.78, 5) is 2.65. The fraction of sp³-hybridized carbons (Fsp3) is 1.00. The Morgan fingerprint density at radius 2 is 1.87 bits per heavy atom. The fourth-order valence-corrected chi connectivity index (χ4v) is 2.31. The van der Waals surface area contributed by atoms with Gasteiger partial charge in [-0.2, -0.15) is 0 Å². The van der Waals surface area contributed by atoms with Gasteiger partial charge in [-0.15, -0.1) is 0 Å². The lowest BCUT2D eigenvalue weighted by Gasteiger charge is -2.39. The van der Waals surface area contributed by atoms with Crippen LogP contribution in [0, 0.1) is 5.41 Å². The highest BCUT2D eigenvalue weighted by Gasteiger charge is 2.27. The Morgan fingerprint density at radius 1 is 1.20 bits per heavy atom. The maximum Gasteiger partial charge on any atom is -0.00135 e. The second kappa shape index (κ2) is 6.49. The van der Waals surface area contributed by atoms with Crippen LogP contribution in [0.4, 0.5) is 0 Å². The Hall–Kier alpha value is -0.0800. The van der Waals surface area contributed by atoms with E-state index < -0.39 is 0 Å². The number of rotatable bonds is 6. The number of unbranched alkanes of at least 4 members (excludes halogenated alkanes) is 1. The van der Waals surface area contributed by atoms with E-state index in [0.29, 0.717) is 5.41 Å². The first-order valence-electron chi connectivity index (χ1n) is 6.57. The van der Waals surface area contributed by atoms with Crippen LogP contribution in [0.5, 0.6) is 0 Å². The number of hydrogen-bond donors (Lipinski definition) is 1. The number of piperidine rings is 1. The lowest BCUT2D eigenvalue weighted by atomic mass is 9.78. The summed E-state index contributed by atoms with van der Waals surface area (Å²) in [5, 5.41) is 3.21. The number of nitrogens with one attached hydrogen (secondary N) is 1. The zero-order valence-electron chi connectivity index (χ0n) is 10.8. The predicted octanol–water partition coefficient (Wildman–Crippen LogP) is 2.50. The van der Waals surface area contributed by atoms with Crippen molar-refractivity contribution in [3.63, 3.8) is 0 Å². The minimum absolute atomic E-state index is 0.640. The summed E-state index contributed by atoms with van der Waals surface area (Å²) in [5.74, 6) is 0. The molecule has 0 aromatic rings. The molecular weight excluding hydrogens is 184 g/mol. The second-order valence-electron chi connectivity index (χ2n) is 5.32. The first kappa shape index (κ1) is 13.0. The lowest BCUT2D eigenvalue weighted by molar-refractivity contribution is 0.113. The summed E-state index contributed by atoms with van der Waals surface area (Å²) >= 11 is 0. The third kappa shape index (κ3) is 4.52. The Kier molecular flexibility index (Phi) is 5.62. The zero-order valence-corrected chi connectivity index (χ0v) is 10.8. The van der Waals surface area contributed by atoms with E-state index in [0.717, 1.165) is 0 Å². The van der Waals surface area contributed by atoms with Crippen LogP contribution < -0.4 is 5.32 Å². The van der Waals surface area contributed by atoms with E-state index in [-0.39, 0.29) is 0 Å². The fourth-order valence-electron chi connectivity index (χ4n) is 2.31. The zero-order chi connectivity index (χ0) is 11.1. The van der Waals surface area contributed by atoms with Crippen molar-refractivity contribution in [2.24, 2.45) is 5.41 Å². The third-order valence-electron chi connectivity index (χ3n) is 4.07. The molecule has 0 amide bonds. The van der Waals surface area contributed by atoms with E-state index in [1.54, 1.807) is 0 Å². The third-order valence-corrected chi connectivity index (χ3v) is 4.07. The quantitative estimate of drug-likeness (QED) is 0.681. The summed E-state index contributed by atoms with van der Waals surface area (Å²) in [5.41, 5.74) is 0.640. The summed E-state index contributed by atoms with van der Waals surface area (Å²) in [6.45, 7) is 9.91. The molecule has 90 valence electrons. The Bertz CT molecular complexity index is 160. The van der Waals surface area contributed by atoms with Crippen molar-refractivity contribution in [1.29, 1.82) is 0 Å². The van der Waals surface area contributed by atoms with Gasteiger partial charge in [0.2, 0.25) is 0 Å². The van der Waals surface area contributed by atoms with Crippen molar-refractivity contribution in [2.45, 2.75) is 46.0 Å².